The summed E-state index contributed by atoms with van der Waals surface area (Å²) in [6.07, 6.45) is 0. The highest BCUT2D eigenvalue weighted by Gasteiger charge is 2.08. The standard InChI is InChI=1S/C12H10N2O2/c1-7-10(6-13)12(15)9-4-3-8(16-2)5-11(9)14-7/h3-5H,1-2H3,(H,14,15). The van der Waals surface area contributed by atoms with Gasteiger partial charge in [0.2, 0.25) is 5.43 Å². The predicted octanol–water partition coefficient (Wildman–Crippen LogP) is 1.72. The molecule has 0 aliphatic carbocycles. The minimum absolute atomic E-state index is 0.165. The van der Waals surface area contributed by atoms with Crippen molar-refractivity contribution in [3.05, 3.63) is 39.7 Å². The monoisotopic (exact) mass is 214 g/mol. The van der Waals surface area contributed by atoms with Crippen LogP contribution in [0.2, 0.25) is 0 Å². The molecule has 1 aromatic heterocycles. The fourth-order valence-electron chi connectivity index (χ4n) is 1.66. The number of methoxy groups -OCH3 is 1. The molecule has 80 valence electrons. The Bertz CT molecular complexity index is 650. The Morgan fingerprint density at radius 3 is 2.81 bits per heavy atom. The summed E-state index contributed by atoms with van der Waals surface area (Å²) in [4.78, 5) is 14.9. The zero-order chi connectivity index (χ0) is 11.7. The highest BCUT2D eigenvalue weighted by molar-refractivity contribution is 5.81. The van der Waals surface area contributed by atoms with Crippen molar-refractivity contribution in [1.29, 1.82) is 5.26 Å². The van der Waals surface area contributed by atoms with Gasteiger partial charge in [-0.25, -0.2) is 0 Å². The van der Waals surface area contributed by atoms with E-state index in [-0.39, 0.29) is 11.0 Å². The molecule has 1 N–H and O–H groups in total. The van der Waals surface area contributed by atoms with E-state index in [1.807, 2.05) is 6.07 Å². The highest BCUT2D eigenvalue weighted by Crippen LogP contribution is 2.17. The van der Waals surface area contributed by atoms with Crippen molar-refractivity contribution < 1.29 is 4.74 Å². The lowest BCUT2D eigenvalue weighted by atomic mass is 10.1. The van der Waals surface area contributed by atoms with Gasteiger partial charge in [0.25, 0.3) is 0 Å². The molecule has 0 bridgehead atoms. The Morgan fingerprint density at radius 2 is 2.19 bits per heavy atom. The van der Waals surface area contributed by atoms with E-state index < -0.39 is 0 Å². The molecule has 0 radical (unpaired) electrons. The number of aromatic amines is 1. The number of hydrogen-bond acceptors (Lipinski definition) is 3. The van der Waals surface area contributed by atoms with Gasteiger partial charge in [0.1, 0.15) is 17.4 Å². The fraction of sp³-hybridized carbons (Fsp3) is 0.167. The highest BCUT2D eigenvalue weighted by atomic mass is 16.5. The Balaban J connectivity index is 2.89. The summed E-state index contributed by atoms with van der Waals surface area (Å²) in [6, 6.07) is 7.01. The minimum Gasteiger partial charge on any atom is -0.497 e. The maximum absolute atomic E-state index is 11.9. The van der Waals surface area contributed by atoms with Crippen LogP contribution in [0, 0.1) is 18.3 Å². The van der Waals surface area contributed by atoms with Gasteiger partial charge in [0, 0.05) is 17.1 Å². The third-order valence-corrected chi connectivity index (χ3v) is 2.51. The molecule has 2 rings (SSSR count). The van der Waals surface area contributed by atoms with Crippen LogP contribution >= 0.6 is 0 Å². The summed E-state index contributed by atoms with van der Waals surface area (Å²) in [6.45, 7) is 1.71. The van der Waals surface area contributed by atoms with Gasteiger partial charge < -0.3 is 9.72 Å². The molecule has 0 aliphatic rings. The van der Waals surface area contributed by atoms with Crippen molar-refractivity contribution in [2.75, 3.05) is 7.11 Å². The van der Waals surface area contributed by atoms with Crippen LogP contribution in [0.5, 0.6) is 5.75 Å². The molecule has 0 atom stereocenters. The number of aryl methyl sites for hydroxylation is 1. The summed E-state index contributed by atoms with van der Waals surface area (Å²) >= 11 is 0. The molecule has 0 aliphatic heterocycles. The molecule has 0 spiro atoms. The molecule has 0 amide bonds. The molecule has 0 saturated heterocycles. The second kappa shape index (κ2) is 3.70. The molecule has 1 heterocycles. The molecule has 1 aromatic carbocycles. The van der Waals surface area contributed by atoms with Gasteiger partial charge in [-0.2, -0.15) is 5.26 Å². The summed E-state index contributed by atoms with van der Waals surface area (Å²) in [5.74, 6) is 0.673. The number of hydrogen-bond donors (Lipinski definition) is 1. The Hall–Kier alpha value is -2.28. The topological polar surface area (TPSA) is 65.9 Å². The third-order valence-electron chi connectivity index (χ3n) is 2.51. The lowest BCUT2D eigenvalue weighted by molar-refractivity contribution is 0.415. The number of pyridine rings is 1. The number of rotatable bonds is 1. The first-order chi connectivity index (χ1) is 7.67. The number of aromatic nitrogens is 1. The van der Waals surface area contributed by atoms with E-state index in [1.165, 1.54) is 0 Å². The van der Waals surface area contributed by atoms with Crippen molar-refractivity contribution in [2.45, 2.75) is 6.92 Å². The second-order valence-corrected chi connectivity index (χ2v) is 3.48. The van der Waals surface area contributed by atoms with E-state index in [0.717, 1.165) is 0 Å². The molecule has 2 aromatic rings. The summed E-state index contributed by atoms with van der Waals surface area (Å²) in [5.41, 5.74) is 1.18. The van der Waals surface area contributed by atoms with Gasteiger partial charge in [-0.1, -0.05) is 0 Å². The van der Waals surface area contributed by atoms with Gasteiger partial charge in [-0.3, -0.25) is 4.79 Å². The molecule has 4 nitrogen and oxygen atoms in total. The van der Waals surface area contributed by atoms with Crippen LogP contribution in [0.25, 0.3) is 10.9 Å². The number of H-pyrrole nitrogens is 1. The van der Waals surface area contributed by atoms with Crippen LogP contribution in [0.4, 0.5) is 0 Å². The number of nitrogens with one attached hydrogen (secondary N) is 1. The van der Waals surface area contributed by atoms with Gasteiger partial charge in [-0.05, 0) is 19.1 Å². The van der Waals surface area contributed by atoms with Crippen molar-refractivity contribution in [1.82, 2.24) is 4.98 Å². The fourth-order valence-corrected chi connectivity index (χ4v) is 1.66. The number of benzene rings is 1. The van der Waals surface area contributed by atoms with Crippen LogP contribution in [0.1, 0.15) is 11.3 Å². The first-order valence-corrected chi connectivity index (χ1v) is 4.78. The molecule has 0 unspecified atom stereocenters. The summed E-state index contributed by atoms with van der Waals surface area (Å²) < 4.78 is 5.07. The number of fused-ring (bicyclic) bond motifs is 1. The SMILES string of the molecule is COc1ccc2c(=O)c(C#N)c(C)[nH]c2c1. The normalized spacial score (nSPS) is 10.1. The van der Waals surface area contributed by atoms with Crippen molar-refractivity contribution >= 4 is 10.9 Å². The minimum atomic E-state index is -0.239. The maximum Gasteiger partial charge on any atom is 0.207 e. The molecule has 0 saturated carbocycles. The average molecular weight is 214 g/mol. The van der Waals surface area contributed by atoms with E-state index in [9.17, 15) is 4.79 Å². The zero-order valence-electron chi connectivity index (χ0n) is 9.00. The van der Waals surface area contributed by atoms with Gasteiger partial charge in [-0.15, -0.1) is 0 Å². The van der Waals surface area contributed by atoms with Crippen molar-refractivity contribution in [3.8, 4) is 11.8 Å². The smallest absolute Gasteiger partial charge is 0.207 e. The van der Waals surface area contributed by atoms with Crippen LogP contribution in [-0.4, -0.2) is 12.1 Å². The van der Waals surface area contributed by atoms with Crippen LogP contribution in [0.3, 0.4) is 0 Å². The lowest BCUT2D eigenvalue weighted by Crippen LogP contribution is -2.10. The summed E-state index contributed by atoms with van der Waals surface area (Å²) in [5, 5.41) is 9.37. The molecule has 0 fully saturated rings. The van der Waals surface area contributed by atoms with Crippen LogP contribution in [-0.2, 0) is 0 Å². The lowest BCUT2D eigenvalue weighted by Gasteiger charge is -2.04. The first-order valence-electron chi connectivity index (χ1n) is 4.78. The molecule has 4 heteroatoms. The number of nitriles is 1. The molecular weight excluding hydrogens is 204 g/mol. The van der Waals surface area contributed by atoms with Gasteiger partial charge in [0.15, 0.2) is 0 Å². The maximum atomic E-state index is 11.9. The Morgan fingerprint density at radius 1 is 1.44 bits per heavy atom. The van der Waals surface area contributed by atoms with E-state index in [0.29, 0.717) is 22.3 Å². The van der Waals surface area contributed by atoms with Gasteiger partial charge >= 0.3 is 0 Å². The largest absolute Gasteiger partial charge is 0.497 e. The zero-order valence-corrected chi connectivity index (χ0v) is 9.00. The Kier molecular flexibility index (Phi) is 2.37. The van der Waals surface area contributed by atoms with E-state index in [4.69, 9.17) is 10.00 Å². The average Bonchev–Trinajstić information content (AvgIpc) is 2.28. The molecular formula is C12H10N2O2. The van der Waals surface area contributed by atoms with E-state index in [2.05, 4.69) is 4.98 Å². The third kappa shape index (κ3) is 1.43. The van der Waals surface area contributed by atoms with E-state index in [1.54, 1.807) is 32.2 Å². The Labute approximate surface area is 92.1 Å². The van der Waals surface area contributed by atoms with Crippen molar-refractivity contribution in [3.63, 3.8) is 0 Å². The van der Waals surface area contributed by atoms with Crippen LogP contribution in [0.15, 0.2) is 23.0 Å². The summed E-state index contributed by atoms with van der Waals surface area (Å²) in [7, 11) is 1.57. The molecule has 16 heavy (non-hydrogen) atoms. The quantitative estimate of drug-likeness (QED) is 0.785. The van der Waals surface area contributed by atoms with Crippen LogP contribution < -0.4 is 10.2 Å². The predicted molar refractivity (Wildman–Crippen MR) is 60.6 cm³/mol. The second-order valence-electron chi connectivity index (χ2n) is 3.48. The number of ether oxygens (including phenoxy) is 1. The van der Waals surface area contributed by atoms with Crippen molar-refractivity contribution in [2.24, 2.45) is 0 Å². The first kappa shape index (κ1) is 10.2. The van der Waals surface area contributed by atoms with Gasteiger partial charge in [0.05, 0.1) is 12.6 Å². The van der Waals surface area contributed by atoms with E-state index >= 15 is 0 Å². The number of nitrogens with zero attached hydrogens (tertiary/aromatic N) is 1.